The standard InChI is InChI=1S/C13H18N4O3S/c14-12-13(16-7-2-1-6-11(16)15-12)21(19,20)17(8-9-18)10-4-3-5-10/h1-2,6-7,10,18H,3-5,8-9,14H2. The summed E-state index contributed by atoms with van der Waals surface area (Å²) in [6, 6.07) is 5.15. The Morgan fingerprint density at radius 1 is 1.43 bits per heavy atom. The molecule has 0 amide bonds. The van der Waals surface area contributed by atoms with Gasteiger partial charge in [-0.1, -0.05) is 12.5 Å². The Balaban J connectivity index is 2.12. The summed E-state index contributed by atoms with van der Waals surface area (Å²) in [6.45, 7) is -0.140. The smallest absolute Gasteiger partial charge is 0.263 e. The van der Waals surface area contributed by atoms with E-state index in [1.54, 1.807) is 24.4 Å². The molecule has 1 fully saturated rings. The van der Waals surface area contributed by atoms with Crippen molar-refractivity contribution in [2.75, 3.05) is 18.9 Å². The average molecular weight is 310 g/mol. The average Bonchev–Trinajstić information content (AvgIpc) is 2.72. The van der Waals surface area contributed by atoms with E-state index >= 15 is 0 Å². The lowest BCUT2D eigenvalue weighted by atomic mass is 9.93. The zero-order valence-corrected chi connectivity index (χ0v) is 12.3. The summed E-state index contributed by atoms with van der Waals surface area (Å²) in [5, 5.41) is 9.17. The predicted molar refractivity (Wildman–Crippen MR) is 78.2 cm³/mol. The SMILES string of the molecule is Nc1nc2ccccn2c1S(=O)(=O)N(CCO)C1CCC1. The third-order valence-corrected chi connectivity index (χ3v) is 5.86. The van der Waals surface area contributed by atoms with Crippen LogP contribution in [0.3, 0.4) is 0 Å². The van der Waals surface area contributed by atoms with Crippen molar-refractivity contribution < 1.29 is 13.5 Å². The molecule has 2 aromatic rings. The Morgan fingerprint density at radius 2 is 2.19 bits per heavy atom. The quantitative estimate of drug-likeness (QED) is 0.835. The van der Waals surface area contributed by atoms with E-state index in [4.69, 9.17) is 5.73 Å². The molecule has 1 aliphatic rings. The highest BCUT2D eigenvalue weighted by molar-refractivity contribution is 7.89. The minimum absolute atomic E-state index is 0.0107. The molecule has 3 N–H and O–H groups in total. The second-order valence-electron chi connectivity index (χ2n) is 5.16. The van der Waals surface area contributed by atoms with Gasteiger partial charge in [-0.2, -0.15) is 4.31 Å². The van der Waals surface area contributed by atoms with Crippen LogP contribution in [0.15, 0.2) is 29.4 Å². The number of nitrogens with zero attached hydrogens (tertiary/aromatic N) is 3. The lowest BCUT2D eigenvalue weighted by Crippen LogP contribution is -2.46. The Hall–Kier alpha value is -1.64. The summed E-state index contributed by atoms with van der Waals surface area (Å²) in [4.78, 5) is 4.10. The van der Waals surface area contributed by atoms with Gasteiger partial charge in [-0.25, -0.2) is 13.4 Å². The highest BCUT2D eigenvalue weighted by Gasteiger charge is 2.37. The minimum Gasteiger partial charge on any atom is -0.395 e. The van der Waals surface area contributed by atoms with Crippen LogP contribution in [-0.2, 0) is 10.0 Å². The van der Waals surface area contributed by atoms with Crippen LogP contribution in [0.5, 0.6) is 0 Å². The van der Waals surface area contributed by atoms with E-state index in [0.717, 1.165) is 19.3 Å². The first kappa shape index (κ1) is 14.3. The summed E-state index contributed by atoms with van der Waals surface area (Å²) in [5.74, 6) is -0.0107. The topological polar surface area (TPSA) is 101 Å². The van der Waals surface area contributed by atoms with Gasteiger partial charge in [0.2, 0.25) is 0 Å². The zero-order chi connectivity index (χ0) is 15.0. The molecule has 8 heteroatoms. The molecule has 0 saturated heterocycles. The zero-order valence-electron chi connectivity index (χ0n) is 11.5. The van der Waals surface area contributed by atoms with Crippen molar-refractivity contribution in [1.82, 2.24) is 13.7 Å². The Labute approximate surface area is 123 Å². The number of imidazole rings is 1. The van der Waals surface area contributed by atoms with Gasteiger partial charge in [-0.15, -0.1) is 0 Å². The number of fused-ring (bicyclic) bond motifs is 1. The van der Waals surface area contributed by atoms with E-state index in [-0.39, 0.29) is 30.0 Å². The molecular formula is C13H18N4O3S. The van der Waals surface area contributed by atoms with Gasteiger partial charge in [0, 0.05) is 18.8 Å². The van der Waals surface area contributed by atoms with E-state index in [0.29, 0.717) is 5.65 Å². The van der Waals surface area contributed by atoms with Gasteiger partial charge in [0.15, 0.2) is 10.8 Å². The van der Waals surface area contributed by atoms with E-state index in [9.17, 15) is 13.5 Å². The number of anilines is 1. The summed E-state index contributed by atoms with van der Waals surface area (Å²) in [7, 11) is -3.79. The van der Waals surface area contributed by atoms with Crippen LogP contribution in [-0.4, -0.2) is 46.4 Å². The van der Waals surface area contributed by atoms with Gasteiger partial charge in [-0.05, 0) is 25.0 Å². The molecule has 0 unspecified atom stereocenters. The fourth-order valence-electron chi connectivity index (χ4n) is 2.63. The van der Waals surface area contributed by atoms with Gasteiger partial charge >= 0.3 is 0 Å². The van der Waals surface area contributed by atoms with E-state index in [2.05, 4.69) is 4.98 Å². The van der Waals surface area contributed by atoms with Crippen LogP contribution in [0.25, 0.3) is 5.65 Å². The molecule has 1 aliphatic carbocycles. The molecule has 0 radical (unpaired) electrons. The van der Waals surface area contributed by atoms with Crippen molar-refractivity contribution in [3.05, 3.63) is 24.4 Å². The predicted octanol–water partition coefficient (Wildman–Crippen LogP) is 0.452. The first-order valence-electron chi connectivity index (χ1n) is 6.91. The van der Waals surface area contributed by atoms with Gasteiger partial charge in [0.25, 0.3) is 10.0 Å². The van der Waals surface area contributed by atoms with Gasteiger partial charge in [0.1, 0.15) is 5.65 Å². The fourth-order valence-corrected chi connectivity index (χ4v) is 4.49. The second-order valence-corrected chi connectivity index (χ2v) is 6.96. The number of nitrogens with two attached hydrogens (primary N) is 1. The summed E-state index contributed by atoms with van der Waals surface area (Å²) >= 11 is 0. The largest absolute Gasteiger partial charge is 0.395 e. The van der Waals surface area contributed by atoms with Gasteiger partial charge in [0.05, 0.1) is 6.61 Å². The molecule has 7 nitrogen and oxygen atoms in total. The Kier molecular flexibility index (Phi) is 3.60. The number of pyridine rings is 1. The Bertz CT molecular complexity index is 752. The highest BCUT2D eigenvalue weighted by atomic mass is 32.2. The first-order chi connectivity index (χ1) is 10.1. The normalized spacial score (nSPS) is 16.5. The Morgan fingerprint density at radius 3 is 2.81 bits per heavy atom. The van der Waals surface area contributed by atoms with Crippen LogP contribution in [0, 0.1) is 0 Å². The lowest BCUT2D eigenvalue weighted by molar-refractivity contribution is 0.178. The summed E-state index contributed by atoms with van der Waals surface area (Å²) in [5.41, 5.74) is 6.32. The van der Waals surface area contributed by atoms with Crippen LogP contribution in [0.2, 0.25) is 0 Å². The number of hydrogen-bond donors (Lipinski definition) is 2. The highest BCUT2D eigenvalue weighted by Crippen LogP contribution is 2.31. The third-order valence-electron chi connectivity index (χ3n) is 3.87. The molecule has 2 aromatic heterocycles. The van der Waals surface area contributed by atoms with Crippen molar-refractivity contribution in [2.24, 2.45) is 0 Å². The number of hydrogen-bond acceptors (Lipinski definition) is 5. The number of aliphatic hydroxyl groups excluding tert-OH is 1. The van der Waals surface area contributed by atoms with Crippen molar-refractivity contribution in [2.45, 2.75) is 30.3 Å². The number of nitrogen functional groups attached to an aromatic ring is 1. The van der Waals surface area contributed by atoms with Gasteiger partial charge in [-0.3, -0.25) is 4.40 Å². The number of sulfonamides is 1. The maximum Gasteiger partial charge on any atom is 0.263 e. The number of aromatic nitrogens is 2. The van der Waals surface area contributed by atoms with Crippen LogP contribution in [0.1, 0.15) is 19.3 Å². The molecule has 1 saturated carbocycles. The molecular weight excluding hydrogens is 292 g/mol. The molecule has 0 spiro atoms. The van der Waals surface area contributed by atoms with Crippen molar-refractivity contribution in [1.29, 1.82) is 0 Å². The molecule has 2 heterocycles. The molecule has 0 bridgehead atoms. The van der Waals surface area contributed by atoms with Crippen LogP contribution >= 0.6 is 0 Å². The number of aliphatic hydroxyl groups is 1. The van der Waals surface area contributed by atoms with Crippen molar-refractivity contribution in [3.8, 4) is 0 Å². The first-order valence-corrected chi connectivity index (χ1v) is 8.35. The monoisotopic (exact) mass is 310 g/mol. The van der Waals surface area contributed by atoms with Gasteiger partial charge < -0.3 is 10.8 Å². The third kappa shape index (κ3) is 2.29. The van der Waals surface area contributed by atoms with Crippen LogP contribution < -0.4 is 5.73 Å². The van der Waals surface area contributed by atoms with Crippen molar-refractivity contribution in [3.63, 3.8) is 0 Å². The molecule has 0 atom stereocenters. The van der Waals surface area contributed by atoms with Crippen LogP contribution in [0.4, 0.5) is 5.82 Å². The maximum absolute atomic E-state index is 12.9. The summed E-state index contributed by atoms with van der Waals surface area (Å²) < 4.78 is 28.7. The maximum atomic E-state index is 12.9. The number of rotatable bonds is 5. The fraction of sp³-hybridized carbons (Fsp3) is 0.462. The second kappa shape index (κ2) is 5.28. The van der Waals surface area contributed by atoms with E-state index in [1.807, 2.05) is 0 Å². The van der Waals surface area contributed by atoms with E-state index in [1.165, 1.54) is 8.71 Å². The molecule has 0 aliphatic heterocycles. The van der Waals surface area contributed by atoms with E-state index < -0.39 is 10.0 Å². The molecule has 21 heavy (non-hydrogen) atoms. The minimum atomic E-state index is -3.79. The molecule has 3 rings (SSSR count). The molecule has 114 valence electrons. The molecule has 0 aromatic carbocycles. The van der Waals surface area contributed by atoms with Crippen molar-refractivity contribution >= 4 is 21.5 Å². The summed E-state index contributed by atoms with van der Waals surface area (Å²) in [6.07, 6.45) is 4.26. The lowest BCUT2D eigenvalue weighted by Gasteiger charge is -2.35.